The summed E-state index contributed by atoms with van der Waals surface area (Å²) in [6.45, 7) is 5.50. The van der Waals surface area contributed by atoms with Crippen molar-refractivity contribution in [3.8, 4) is 0 Å². The van der Waals surface area contributed by atoms with E-state index in [1.807, 2.05) is 13.8 Å². The van der Waals surface area contributed by atoms with Crippen molar-refractivity contribution < 1.29 is 9.59 Å². The topological polar surface area (TPSA) is 58.2 Å². The van der Waals surface area contributed by atoms with E-state index >= 15 is 0 Å². The van der Waals surface area contributed by atoms with E-state index in [2.05, 4.69) is 10.6 Å². The number of hydrogen-bond acceptors (Lipinski definition) is 2. The predicted molar refractivity (Wildman–Crippen MR) is 53.6 cm³/mol. The van der Waals surface area contributed by atoms with Gasteiger partial charge in [-0.1, -0.05) is 0 Å². The maximum atomic E-state index is 11.4. The number of rotatable bonds is 4. The largest absolute Gasteiger partial charge is 0.352 e. The summed E-state index contributed by atoms with van der Waals surface area (Å²) in [6.07, 6.45) is 1.93. The molecule has 1 fully saturated rings. The number of amides is 2. The highest BCUT2D eigenvalue weighted by Crippen LogP contribution is 2.28. The molecule has 0 heterocycles. The molecule has 1 saturated carbocycles. The molecule has 2 N–H and O–H groups in total. The first kappa shape index (κ1) is 11.0. The monoisotopic (exact) mass is 198 g/mol. The summed E-state index contributed by atoms with van der Waals surface area (Å²) in [4.78, 5) is 22.7. The van der Waals surface area contributed by atoms with Crippen LogP contribution in [-0.4, -0.2) is 23.9 Å². The van der Waals surface area contributed by atoms with E-state index in [4.69, 9.17) is 0 Å². The van der Waals surface area contributed by atoms with Gasteiger partial charge < -0.3 is 10.6 Å². The van der Waals surface area contributed by atoms with E-state index in [9.17, 15) is 9.59 Å². The van der Waals surface area contributed by atoms with Crippen LogP contribution < -0.4 is 10.6 Å². The molecule has 0 saturated heterocycles. The van der Waals surface area contributed by atoms with Crippen molar-refractivity contribution in [1.82, 2.24) is 10.6 Å². The lowest BCUT2D eigenvalue weighted by Crippen LogP contribution is -2.47. The lowest BCUT2D eigenvalue weighted by Gasteiger charge is -2.15. The van der Waals surface area contributed by atoms with Gasteiger partial charge in [0.05, 0.1) is 0 Å². The Morgan fingerprint density at radius 1 is 1.14 bits per heavy atom. The summed E-state index contributed by atoms with van der Waals surface area (Å²) in [7, 11) is 0. The van der Waals surface area contributed by atoms with Gasteiger partial charge in [0.15, 0.2) is 0 Å². The van der Waals surface area contributed by atoms with Crippen LogP contribution in [0.3, 0.4) is 0 Å². The molecule has 1 aliphatic carbocycles. The predicted octanol–water partition coefficient (Wildman–Crippen LogP) is 0.426. The zero-order valence-electron chi connectivity index (χ0n) is 8.96. The highest BCUT2D eigenvalue weighted by Gasteiger charge is 2.31. The van der Waals surface area contributed by atoms with Gasteiger partial charge in [0.25, 0.3) is 0 Å². The standard InChI is InChI=1S/C10H18N2O2/c1-6(2)11-9(13)7(3)12-10(14)8-4-5-8/h6-8H,4-5H2,1-3H3,(H,11,13)(H,12,14). The number of hydrogen-bond donors (Lipinski definition) is 2. The molecule has 0 aromatic heterocycles. The van der Waals surface area contributed by atoms with Gasteiger partial charge in [-0.15, -0.1) is 0 Å². The highest BCUT2D eigenvalue weighted by atomic mass is 16.2. The molecule has 2 amide bonds. The Labute approximate surface area is 84.4 Å². The van der Waals surface area contributed by atoms with Gasteiger partial charge >= 0.3 is 0 Å². The van der Waals surface area contributed by atoms with Crippen molar-refractivity contribution in [1.29, 1.82) is 0 Å². The molecule has 0 aromatic rings. The minimum atomic E-state index is -0.425. The Morgan fingerprint density at radius 2 is 1.71 bits per heavy atom. The Hall–Kier alpha value is -1.06. The molecule has 1 atom stereocenters. The van der Waals surface area contributed by atoms with Gasteiger partial charge in [0, 0.05) is 12.0 Å². The number of carbonyl (C=O) groups excluding carboxylic acids is 2. The molecule has 4 nitrogen and oxygen atoms in total. The molecule has 14 heavy (non-hydrogen) atoms. The third kappa shape index (κ3) is 3.36. The number of carbonyl (C=O) groups is 2. The second kappa shape index (κ2) is 4.44. The third-order valence-electron chi connectivity index (χ3n) is 2.13. The van der Waals surface area contributed by atoms with Gasteiger partial charge in [-0.2, -0.15) is 0 Å². The number of nitrogens with one attached hydrogen (secondary N) is 2. The van der Waals surface area contributed by atoms with Crippen LogP contribution in [0.5, 0.6) is 0 Å². The fraction of sp³-hybridized carbons (Fsp3) is 0.800. The van der Waals surface area contributed by atoms with Crippen LogP contribution >= 0.6 is 0 Å². The molecule has 1 aliphatic rings. The van der Waals surface area contributed by atoms with Crippen molar-refractivity contribution in [2.24, 2.45) is 5.92 Å². The quantitative estimate of drug-likeness (QED) is 0.688. The fourth-order valence-corrected chi connectivity index (χ4v) is 1.15. The molecule has 0 radical (unpaired) electrons. The fourth-order valence-electron chi connectivity index (χ4n) is 1.15. The van der Waals surface area contributed by atoms with Crippen LogP contribution in [0, 0.1) is 5.92 Å². The molecule has 0 spiro atoms. The van der Waals surface area contributed by atoms with Gasteiger partial charge in [0.2, 0.25) is 11.8 Å². The van der Waals surface area contributed by atoms with Crippen LogP contribution in [0.1, 0.15) is 33.6 Å². The van der Waals surface area contributed by atoms with Gasteiger partial charge in [-0.05, 0) is 33.6 Å². The zero-order valence-corrected chi connectivity index (χ0v) is 8.96. The van der Waals surface area contributed by atoms with E-state index in [-0.39, 0.29) is 23.8 Å². The average molecular weight is 198 g/mol. The lowest BCUT2D eigenvalue weighted by molar-refractivity contribution is -0.129. The molecule has 1 unspecified atom stereocenters. The third-order valence-corrected chi connectivity index (χ3v) is 2.13. The summed E-state index contributed by atoms with van der Waals surface area (Å²) in [5.41, 5.74) is 0. The summed E-state index contributed by atoms with van der Waals surface area (Å²) >= 11 is 0. The van der Waals surface area contributed by atoms with Crippen molar-refractivity contribution in [3.63, 3.8) is 0 Å². The summed E-state index contributed by atoms with van der Waals surface area (Å²) in [5, 5.41) is 5.45. The van der Waals surface area contributed by atoms with E-state index in [1.165, 1.54) is 0 Å². The summed E-state index contributed by atoms with van der Waals surface area (Å²) in [6, 6.07) is -0.312. The molecule has 4 heteroatoms. The Bertz CT molecular complexity index is 234. The van der Waals surface area contributed by atoms with E-state index < -0.39 is 6.04 Å². The highest BCUT2D eigenvalue weighted by molar-refractivity contribution is 5.89. The first-order chi connectivity index (χ1) is 6.50. The molecule has 0 aliphatic heterocycles. The molecular formula is C10H18N2O2. The maximum Gasteiger partial charge on any atom is 0.242 e. The summed E-state index contributed by atoms with van der Waals surface area (Å²) < 4.78 is 0. The van der Waals surface area contributed by atoms with E-state index in [1.54, 1.807) is 6.92 Å². The SMILES string of the molecule is CC(C)NC(=O)C(C)NC(=O)C1CC1. The van der Waals surface area contributed by atoms with Crippen molar-refractivity contribution in [2.45, 2.75) is 45.7 Å². The Morgan fingerprint density at radius 3 is 2.14 bits per heavy atom. The van der Waals surface area contributed by atoms with Gasteiger partial charge in [-0.25, -0.2) is 0 Å². The average Bonchev–Trinajstić information content (AvgIpc) is 2.84. The smallest absolute Gasteiger partial charge is 0.242 e. The Balaban J connectivity index is 2.28. The van der Waals surface area contributed by atoms with E-state index in [0.717, 1.165) is 12.8 Å². The summed E-state index contributed by atoms with van der Waals surface area (Å²) in [5.74, 6) is 0.0507. The second-order valence-corrected chi connectivity index (χ2v) is 4.17. The van der Waals surface area contributed by atoms with Gasteiger partial charge in [-0.3, -0.25) is 9.59 Å². The van der Waals surface area contributed by atoms with Crippen molar-refractivity contribution >= 4 is 11.8 Å². The van der Waals surface area contributed by atoms with Crippen molar-refractivity contribution in [3.05, 3.63) is 0 Å². The van der Waals surface area contributed by atoms with Gasteiger partial charge in [0.1, 0.15) is 6.04 Å². The van der Waals surface area contributed by atoms with Crippen LogP contribution in [0.4, 0.5) is 0 Å². The van der Waals surface area contributed by atoms with Crippen LogP contribution in [0.15, 0.2) is 0 Å². The van der Waals surface area contributed by atoms with Crippen LogP contribution in [0.25, 0.3) is 0 Å². The molecular weight excluding hydrogens is 180 g/mol. The van der Waals surface area contributed by atoms with E-state index in [0.29, 0.717) is 0 Å². The minimum Gasteiger partial charge on any atom is -0.352 e. The first-order valence-corrected chi connectivity index (χ1v) is 5.11. The Kier molecular flexibility index (Phi) is 3.49. The minimum absolute atomic E-state index is 0.0106. The molecule has 80 valence electrons. The molecule has 0 aromatic carbocycles. The molecule has 0 bridgehead atoms. The van der Waals surface area contributed by atoms with Crippen LogP contribution in [0.2, 0.25) is 0 Å². The molecule has 1 rings (SSSR count). The van der Waals surface area contributed by atoms with Crippen LogP contribution in [-0.2, 0) is 9.59 Å². The normalized spacial score (nSPS) is 17.7. The second-order valence-electron chi connectivity index (χ2n) is 4.17. The first-order valence-electron chi connectivity index (χ1n) is 5.11. The van der Waals surface area contributed by atoms with Crippen molar-refractivity contribution in [2.75, 3.05) is 0 Å². The zero-order chi connectivity index (χ0) is 10.7. The maximum absolute atomic E-state index is 11.4. The lowest BCUT2D eigenvalue weighted by atomic mass is 10.2.